The van der Waals surface area contributed by atoms with Gasteiger partial charge in [-0.3, -0.25) is 4.79 Å². The Balaban J connectivity index is 1.34. The first-order chi connectivity index (χ1) is 18.6. The van der Waals surface area contributed by atoms with Crippen LogP contribution in [0, 0.1) is 5.82 Å². The normalized spacial score (nSPS) is 13.2. The fourth-order valence-electron chi connectivity index (χ4n) is 4.11. The molecule has 1 heterocycles. The van der Waals surface area contributed by atoms with Crippen molar-refractivity contribution in [2.45, 2.75) is 31.5 Å². The monoisotopic (exact) mass is 538 g/mol. The largest absolute Gasteiger partial charge is 0.507 e. The fraction of sp³-hybridized carbons (Fsp3) is 0.179. The number of aromatic hydroxyl groups is 1. The van der Waals surface area contributed by atoms with Crippen molar-refractivity contribution in [3.63, 3.8) is 0 Å². The number of benzene rings is 3. The summed E-state index contributed by atoms with van der Waals surface area (Å²) in [4.78, 5) is 25.4. The number of alkyl halides is 3. The van der Waals surface area contributed by atoms with E-state index in [-0.39, 0.29) is 35.0 Å². The highest BCUT2D eigenvalue weighted by molar-refractivity contribution is 6.04. The minimum atomic E-state index is -4.59. The minimum absolute atomic E-state index is 0.0314. The van der Waals surface area contributed by atoms with Crippen LogP contribution in [-0.4, -0.2) is 26.8 Å². The maximum absolute atomic E-state index is 13.9. The van der Waals surface area contributed by atoms with Crippen molar-refractivity contribution in [2.24, 2.45) is 0 Å². The summed E-state index contributed by atoms with van der Waals surface area (Å²) >= 11 is 0. The van der Waals surface area contributed by atoms with E-state index < -0.39 is 29.5 Å². The predicted molar refractivity (Wildman–Crippen MR) is 135 cm³/mol. The lowest BCUT2D eigenvalue weighted by molar-refractivity contribution is -0.137. The van der Waals surface area contributed by atoms with Gasteiger partial charge in [0.25, 0.3) is 5.91 Å². The molecule has 0 radical (unpaired) electrons. The van der Waals surface area contributed by atoms with E-state index in [1.54, 1.807) is 24.3 Å². The number of amides is 2. The van der Waals surface area contributed by atoms with E-state index in [4.69, 9.17) is 0 Å². The first kappa shape index (κ1) is 26.0. The number of nitrogens with one attached hydrogen (secondary N) is 2. The molecule has 1 aromatic heterocycles. The van der Waals surface area contributed by atoms with Crippen LogP contribution in [0.4, 0.5) is 28.0 Å². The Kier molecular flexibility index (Phi) is 6.81. The predicted octanol–water partition coefficient (Wildman–Crippen LogP) is 6.30. The third-order valence-electron chi connectivity index (χ3n) is 6.30. The molecule has 1 saturated carbocycles. The van der Waals surface area contributed by atoms with Crippen LogP contribution >= 0.6 is 0 Å². The summed E-state index contributed by atoms with van der Waals surface area (Å²) in [6, 6.07) is 15.4. The van der Waals surface area contributed by atoms with Crippen LogP contribution in [0.5, 0.6) is 5.75 Å². The molecule has 39 heavy (non-hydrogen) atoms. The van der Waals surface area contributed by atoms with Crippen LogP contribution in [0.3, 0.4) is 0 Å². The smallest absolute Gasteiger partial charge is 0.416 e. The molecular formula is C28H22F4N4O3. The molecule has 3 aromatic carbocycles. The lowest BCUT2D eigenvalue weighted by Gasteiger charge is -2.10. The topological polar surface area (TPSA) is 96.3 Å². The molecule has 1 fully saturated rings. The summed E-state index contributed by atoms with van der Waals surface area (Å²) in [5, 5.41) is 20.2. The molecule has 1 aliphatic carbocycles. The van der Waals surface area contributed by atoms with E-state index in [0.29, 0.717) is 17.0 Å². The van der Waals surface area contributed by atoms with Gasteiger partial charge in [-0.05, 0) is 55.3 Å². The second kappa shape index (κ2) is 10.2. The molecule has 0 spiro atoms. The van der Waals surface area contributed by atoms with Gasteiger partial charge in [0.1, 0.15) is 11.6 Å². The number of hydrogen-bond acceptors (Lipinski definition) is 4. The van der Waals surface area contributed by atoms with Gasteiger partial charge in [-0.25, -0.2) is 9.18 Å². The van der Waals surface area contributed by atoms with Crippen LogP contribution < -0.4 is 10.6 Å². The number of phenols is 1. The quantitative estimate of drug-likeness (QED) is 0.251. The Morgan fingerprint density at radius 3 is 2.46 bits per heavy atom. The number of carbonyl (C=O) groups is 2. The average Bonchev–Trinajstić information content (AvgIpc) is 3.66. The molecule has 0 saturated heterocycles. The highest BCUT2D eigenvalue weighted by Crippen LogP contribution is 2.42. The van der Waals surface area contributed by atoms with E-state index >= 15 is 0 Å². The maximum Gasteiger partial charge on any atom is 0.416 e. The van der Waals surface area contributed by atoms with E-state index in [0.717, 1.165) is 31.0 Å². The van der Waals surface area contributed by atoms with E-state index in [1.165, 1.54) is 35.0 Å². The number of anilines is 1. The summed E-state index contributed by atoms with van der Waals surface area (Å²) in [5.41, 5.74) is 0.587. The summed E-state index contributed by atoms with van der Waals surface area (Å²) in [6.45, 7) is -0.0314. The molecular weight excluding hydrogens is 516 g/mol. The first-order valence-electron chi connectivity index (χ1n) is 12.0. The van der Waals surface area contributed by atoms with Gasteiger partial charge in [0, 0.05) is 40.9 Å². The van der Waals surface area contributed by atoms with Crippen LogP contribution in [0.15, 0.2) is 72.8 Å². The Morgan fingerprint density at radius 2 is 1.77 bits per heavy atom. The van der Waals surface area contributed by atoms with Crippen molar-refractivity contribution < 1.29 is 32.3 Å². The zero-order chi connectivity index (χ0) is 27.7. The SMILES string of the molecule is O=C(Nc1ccc(-c2cc(C3CC3)n(C(=O)NCc3ccccc3F)n2)c(O)c1)c1cccc(C(F)(F)F)c1. The zero-order valence-corrected chi connectivity index (χ0v) is 20.3. The summed E-state index contributed by atoms with van der Waals surface area (Å²) in [7, 11) is 0. The Morgan fingerprint density at radius 1 is 1.00 bits per heavy atom. The minimum Gasteiger partial charge on any atom is -0.507 e. The molecule has 1 aliphatic rings. The molecule has 2 amide bonds. The van der Waals surface area contributed by atoms with Gasteiger partial charge in [0.2, 0.25) is 0 Å². The summed E-state index contributed by atoms with van der Waals surface area (Å²) in [6.07, 6.45) is -2.84. The van der Waals surface area contributed by atoms with Gasteiger partial charge in [-0.15, -0.1) is 0 Å². The van der Waals surface area contributed by atoms with E-state index in [1.807, 2.05) is 0 Å². The Hall–Kier alpha value is -4.67. The van der Waals surface area contributed by atoms with Crippen molar-refractivity contribution in [2.75, 3.05) is 5.32 Å². The van der Waals surface area contributed by atoms with Gasteiger partial charge >= 0.3 is 12.2 Å². The number of phenolic OH excluding ortho intramolecular Hbond substituents is 1. The molecule has 7 nitrogen and oxygen atoms in total. The van der Waals surface area contributed by atoms with Crippen LogP contribution in [0.1, 0.15) is 45.9 Å². The number of carbonyl (C=O) groups excluding carboxylic acids is 2. The van der Waals surface area contributed by atoms with Gasteiger partial charge in [0.05, 0.1) is 17.0 Å². The van der Waals surface area contributed by atoms with Crippen molar-refractivity contribution in [3.05, 3.63) is 101 Å². The van der Waals surface area contributed by atoms with E-state index in [2.05, 4.69) is 15.7 Å². The molecule has 0 aliphatic heterocycles. The molecule has 5 rings (SSSR count). The van der Waals surface area contributed by atoms with Crippen LogP contribution in [0.25, 0.3) is 11.3 Å². The van der Waals surface area contributed by atoms with Crippen molar-refractivity contribution in [3.8, 4) is 17.0 Å². The molecule has 0 bridgehead atoms. The number of aromatic nitrogens is 2. The van der Waals surface area contributed by atoms with E-state index in [9.17, 15) is 32.3 Å². The number of hydrogen-bond donors (Lipinski definition) is 3. The Labute approximate surface area is 220 Å². The second-order valence-corrected chi connectivity index (χ2v) is 9.16. The maximum atomic E-state index is 13.9. The van der Waals surface area contributed by atoms with Gasteiger partial charge in [-0.1, -0.05) is 24.3 Å². The first-order valence-corrected chi connectivity index (χ1v) is 12.0. The second-order valence-electron chi connectivity index (χ2n) is 9.16. The zero-order valence-electron chi connectivity index (χ0n) is 20.3. The third-order valence-corrected chi connectivity index (χ3v) is 6.30. The van der Waals surface area contributed by atoms with Gasteiger partial charge in [0.15, 0.2) is 0 Å². The molecule has 4 aromatic rings. The number of rotatable bonds is 6. The van der Waals surface area contributed by atoms with Crippen molar-refractivity contribution in [1.82, 2.24) is 15.1 Å². The molecule has 11 heteroatoms. The average molecular weight is 539 g/mol. The van der Waals surface area contributed by atoms with Crippen molar-refractivity contribution >= 4 is 17.6 Å². The summed E-state index contributed by atoms with van der Waals surface area (Å²) < 4.78 is 54.1. The molecule has 3 N–H and O–H groups in total. The molecule has 0 unspecified atom stereocenters. The van der Waals surface area contributed by atoms with Crippen LogP contribution in [0.2, 0.25) is 0 Å². The number of halogens is 4. The lowest BCUT2D eigenvalue weighted by atomic mass is 10.1. The third kappa shape index (κ3) is 5.77. The van der Waals surface area contributed by atoms with Crippen LogP contribution in [-0.2, 0) is 12.7 Å². The Bertz CT molecular complexity index is 1560. The van der Waals surface area contributed by atoms with Gasteiger partial charge in [-0.2, -0.15) is 23.0 Å². The van der Waals surface area contributed by atoms with Gasteiger partial charge < -0.3 is 15.7 Å². The fourth-order valence-corrected chi connectivity index (χ4v) is 4.11. The summed E-state index contributed by atoms with van der Waals surface area (Å²) in [5.74, 6) is -1.35. The lowest BCUT2D eigenvalue weighted by Crippen LogP contribution is -2.30. The highest BCUT2D eigenvalue weighted by Gasteiger charge is 2.32. The number of nitrogens with zero attached hydrogens (tertiary/aromatic N) is 2. The van der Waals surface area contributed by atoms with Crippen molar-refractivity contribution in [1.29, 1.82) is 0 Å². The standard InChI is InChI=1S/C28H22F4N4O3/c29-22-7-2-1-4-18(22)15-33-27(39)36-24(16-8-9-16)14-23(35-36)21-11-10-20(13-25(21)37)34-26(38)17-5-3-6-19(12-17)28(30,31)32/h1-7,10-14,16,37H,8-9,15H2,(H,33,39)(H,34,38). The molecule has 0 atom stereocenters. The highest BCUT2D eigenvalue weighted by atomic mass is 19.4. The molecule has 200 valence electrons.